The Bertz CT molecular complexity index is 881. The lowest BCUT2D eigenvalue weighted by molar-refractivity contribution is -0.384. The van der Waals surface area contributed by atoms with Crippen molar-refractivity contribution in [3.63, 3.8) is 0 Å². The van der Waals surface area contributed by atoms with Crippen LogP contribution in [0.15, 0.2) is 47.4 Å². The highest BCUT2D eigenvalue weighted by molar-refractivity contribution is 7.89. The Morgan fingerprint density at radius 2 is 1.73 bits per heavy atom. The molecule has 7 nitrogen and oxygen atoms in total. The van der Waals surface area contributed by atoms with Gasteiger partial charge < -0.3 is 5.32 Å². The van der Waals surface area contributed by atoms with Crippen LogP contribution in [0.25, 0.3) is 0 Å². The first-order valence-electron chi connectivity index (χ1n) is 8.06. The van der Waals surface area contributed by atoms with Crippen LogP contribution in [0.4, 0.5) is 11.4 Å². The Morgan fingerprint density at radius 3 is 2.23 bits per heavy atom. The predicted octanol–water partition coefficient (Wildman–Crippen LogP) is 3.89. The molecule has 0 spiro atoms. The van der Waals surface area contributed by atoms with Crippen LogP contribution in [0.1, 0.15) is 19.4 Å². The highest BCUT2D eigenvalue weighted by Crippen LogP contribution is 2.27. The van der Waals surface area contributed by atoms with E-state index in [1.165, 1.54) is 16.4 Å². The quantitative estimate of drug-likeness (QED) is 0.538. The van der Waals surface area contributed by atoms with Crippen LogP contribution < -0.4 is 5.32 Å². The van der Waals surface area contributed by atoms with Gasteiger partial charge in [-0.05, 0) is 23.8 Å². The monoisotopic (exact) mass is 397 g/mol. The minimum Gasteiger partial charge on any atom is -0.380 e. The molecule has 2 aromatic carbocycles. The van der Waals surface area contributed by atoms with E-state index in [1.807, 2.05) is 0 Å². The van der Waals surface area contributed by atoms with Gasteiger partial charge in [-0.1, -0.05) is 37.6 Å². The van der Waals surface area contributed by atoms with Gasteiger partial charge in [0.1, 0.15) is 0 Å². The van der Waals surface area contributed by atoms with Crippen LogP contribution in [0.2, 0.25) is 5.02 Å². The summed E-state index contributed by atoms with van der Waals surface area (Å²) < 4.78 is 26.3. The molecule has 2 rings (SSSR count). The fourth-order valence-electron chi connectivity index (χ4n) is 2.45. The summed E-state index contributed by atoms with van der Waals surface area (Å²) in [4.78, 5) is 10.5. The van der Waals surface area contributed by atoms with Crippen molar-refractivity contribution in [2.45, 2.75) is 25.3 Å². The second kappa shape index (κ2) is 8.48. The minimum atomic E-state index is -3.48. The number of non-ortho nitro benzene ring substituents is 1. The van der Waals surface area contributed by atoms with Gasteiger partial charge in [-0.25, -0.2) is 8.42 Å². The smallest absolute Gasteiger partial charge is 0.271 e. The van der Waals surface area contributed by atoms with Gasteiger partial charge in [0.25, 0.3) is 5.69 Å². The van der Waals surface area contributed by atoms with E-state index in [4.69, 9.17) is 11.6 Å². The van der Waals surface area contributed by atoms with E-state index in [0.717, 1.165) is 5.56 Å². The number of benzene rings is 2. The first kappa shape index (κ1) is 20.2. The fraction of sp³-hybridized carbons (Fsp3) is 0.294. The molecule has 0 aliphatic heterocycles. The van der Waals surface area contributed by atoms with Gasteiger partial charge in [-0.3, -0.25) is 10.1 Å². The second-order valence-electron chi connectivity index (χ2n) is 5.51. The summed E-state index contributed by atoms with van der Waals surface area (Å²) in [6.07, 6.45) is 0. The van der Waals surface area contributed by atoms with Crippen LogP contribution in [-0.2, 0) is 16.6 Å². The standard InChI is InChI=1S/C17H20ClN3O4S/c1-3-20(4-2)26(24,25)15-8-5-13(6-9-15)12-19-17-10-7-14(21(22)23)11-16(17)18/h5-11,19H,3-4,12H2,1-2H3. The number of nitrogens with one attached hydrogen (secondary N) is 1. The molecule has 0 saturated carbocycles. The Hall–Kier alpha value is -2.16. The summed E-state index contributed by atoms with van der Waals surface area (Å²) in [5, 5.41) is 14.1. The average Bonchev–Trinajstić information content (AvgIpc) is 2.61. The molecule has 9 heteroatoms. The van der Waals surface area contributed by atoms with E-state index in [1.54, 1.807) is 44.2 Å². The summed E-state index contributed by atoms with van der Waals surface area (Å²) in [6.45, 7) is 4.84. The minimum absolute atomic E-state index is 0.0773. The third-order valence-electron chi connectivity index (χ3n) is 3.91. The second-order valence-corrected chi connectivity index (χ2v) is 7.85. The molecular formula is C17H20ClN3O4S. The summed E-state index contributed by atoms with van der Waals surface area (Å²) in [6, 6.07) is 10.8. The van der Waals surface area contributed by atoms with E-state index >= 15 is 0 Å². The van der Waals surface area contributed by atoms with Gasteiger partial charge in [0.15, 0.2) is 0 Å². The molecule has 0 aliphatic rings. The number of nitro groups is 1. The number of hydrogen-bond acceptors (Lipinski definition) is 5. The molecule has 0 atom stereocenters. The van der Waals surface area contributed by atoms with Crippen molar-refractivity contribution in [2.24, 2.45) is 0 Å². The average molecular weight is 398 g/mol. The summed E-state index contributed by atoms with van der Waals surface area (Å²) in [7, 11) is -3.48. The van der Waals surface area contributed by atoms with Crippen molar-refractivity contribution in [1.29, 1.82) is 0 Å². The molecule has 1 N–H and O–H groups in total. The molecular weight excluding hydrogens is 378 g/mol. The number of nitrogens with zero attached hydrogens (tertiary/aromatic N) is 2. The molecule has 0 heterocycles. The highest BCUT2D eigenvalue weighted by Gasteiger charge is 2.21. The molecule has 0 fully saturated rings. The molecule has 140 valence electrons. The fourth-order valence-corrected chi connectivity index (χ4v) is 4.15. The SMILES string of the molecule is CCN(CC)S(=O)(=O)c1ccc(CNc2ccc([N+](=O)[O-])cc2Cl)cc1. The van der Waals surface area contributed by atoms with Crippen molar-refractivity contribution in [1.82, 2.24) is 4.31 Å². The third-order valence-corrected chi connectivity index (χ3v) is 6.29. The molecule has 26 heavy (non-hydrogen) atoms. The number of sulfonamides is 1. The van der Waals surface area contributed by atoms with Gasteiger partial charge in [0.2, 0.25) is 10.0 Å². The van der Waals surface area contributed by atoms with Crippen LogP contribution in [0.3, 0.4) is 0 Å². The number of halogens is 1. The van der Waals surface area contributed by atoms with Crippen molar-refractivity contribution < 1.29 is 13.3 Å². The number of rotatable bonds is 8. The van der Waals surface area contributed by atoms with Crippen LogP contribution in [0.5, 0.6) is 0 Å². The van der Waals surface area contributed by atoms with Gasteiger partial charge in [-0.2, -0.15) is 4.31 Å². The largest absolute Gasteiger partial charge is 0.380 e. The van der Waals surface area contributed by atoms with Gasteiger partial charge in [-0.15, -0.1) is 0 Å². The van der Waals surface area contributed by atoms with Crippen molar-refractivity contribution in [3.8, 4) is 0 Å². The van der Waals surface area contributed by atoms with E-state index in [-0.39, 0.29) is 15.6 Å². The van der Waals surface area contributed by atoms with E-state index < -0.39 is 14.9 Å². The van der Waals surface area contributed by atoms with Crippen LogP contribution in [-0.4, -0.2) is 30.7 Å². The van der Waals surface area contributed by atoms with Crippen LogP contribution >= 0.6 is 11.6 Å². The van der Waals surface area contributed by atoms with Crippen molar-refractivity contribution in [2.75, 3.05) is 18.4 Å². The highest BCUT2D eigenvalue weighted by atomic mass is 35.5. The molecule has 0 saturated heterocycles. The molecule has 0 aromatic heterocycles. The van der Waals surface area contributed by atoms with Crippen molar-refractivity contribution >= 4 is 33.0 Å². The zero-order valence-electron chi connectivity index (χ0n) is 14.5. The van der Waals surface area contributed by atoms with Gasteiger partial charge >= 0.3 is 0 Å². The summed E-state index contributed by atoms with van der Waals surface area (Å²) in [5.41, 5.74) is 1.35. The molecule has 2 aromatic rings. The zero-order valence-corrected chi connectivity index (χ0v) is 16.0. The lowest BCUT2D eigenvalue weighted by Gasteiger charge is -2.18. The maximum atomic E-state index is 12.5. The third kappa shape index (κ3) is 4.51. The predicted molar refractivity (Wildman–Crippen MR) is 102 cm³/mol. The maximum Gasteiger partial charge on any atom is 0.271 e. The molecule has 0 aliphatic carbocycles. The molecule has 0 bridgehead atoms. The Labute approximate surface area is 157 Å². The first-order valence-corrected chi connectivity index (χ1v) is 9.88. The van der Waals surface area contributed by atoms with E-state index in [0.29, 0.717) is 25.3 Å². The Morgan fingerprint density at radius 1 is 1.12 bits per heavy atom. The van der Waals surface area contributed by atoms with E-state index in [9.17, 15) is 18.5 Å². The summed E-state index contributed by atoms with van der Waals surface area (Å²) in [5.74, 6) is 0. The number of hydrogen-bond donors (Lipinski definition) is 1. The van der Waals surface area contributed by atoms with E-state index in [2.05, 4.69) is 5.32 Å². The topological polar surface area (TPSA) is 92.6 Å². The lowest BCUT2D eigenvalue weighted by atomic mass is 10.2. The Balaban J connectivity index is 2.10. The van der Waals surface area contributed by atoms with Gasteiger partial charge in [0.05, 0.1) is 20.5 Å². The number of nitro benzene ring substituents is 1. The first-order chi connectivity index (χ1) is 12.3. The zero-order chi connectivity index (χ0) is 19.3. The normalized spacial score (nSPS) is 11.5. The van der Waals surface area contributed by atoms with Crippen LogP contribution in [0, 0.1) is 10.1 Å². The lowest BCUT2D eigenvalue weighted by Crippen LogP contribution is -2.30. The maximum absolute atomic E-state index is 12.5. The molecule has 0 radical (unpaired) electrons. The molecule has 0 unspecified atom stereocenters. The Kier molecular flexibility index (Phi) is 6.57. The molecule has 0 amide bonds. The van der Waals surface area contributed by atoms with Gasteiger partial charge in [0, 0.05) is 31.8 Å². The summed E-state index contributed by atoms with van der Waals surface area (Å²) >= 11 is 6.04. The number of anilines is 1. The van der Waals surface area contributed by atoms with Crippen molar-refractivity contribution in [3.05, 3.63) is 63.2 Å².